The Kier molecular flexibility index (Phi) is 6.56. The third kappa shape index (κ3) is 5.07. The number of rotatable bonds is 8. The lowest BCUT2D eigenvalue weighted by molar-refractivity contribution is -0.120. The van der Waals surface area contributed by atoms with Crippen LogP contribution in [0.2, 0.25) is 0 Å². The largest absolute Gasteiger partial charge is 0.497 e. The minimum Gasteiger partial charge on any atom is -0.497 e. The van der Waals surface area contributed by atoms with Gasteiger partial charge >= 0.3 is 0 Å². The molecule has 1 aliphatic heterocycles. The quantitative estimate of drug-likeness (QED) is 0.668. The van der Waals surface area contributed by atoms with E-state index in [1.54, 1.807) is 24.3 Å². The second-order valence-electron chi connectivity index (χ2n) is 6.61. The molecule has 0 saturated carbocycles. The van der Waals surface area contributed by atoms with Crippen molar-refractivity contribution in [2.45, 2.75) is 6.10 Å². The smallest absolute Gasteiger partial charge is 0.240 e. The summed E-state index contributed by atoms with van der Waals surface area (Å²) in [6.07, 6.45) is 0.635. The van der Waals surface area contributed by atoms with Gasteiger partial charge in [0.2, 0.25) is 15.9 Å². The van der Waals surface area contributed by atoms with E-state index in [9.17, 15) is 13.2 Å². The summed E-state index contributed by atoms with van der Waals surface area (Å²) in [6.45, 7) is 0.0172. The molecule has 0 bridgehead atoms. The summed E-state index contributed by atoms with van der Waals surface area (Å²) in [7, 11) is -0.886. The van der Waals surface area contributed by atoms with Crippen molar-refractivity contribution in [3.63, 3.8) is 0 Å². The average Bonchev–Trinajstić information content (AvgIpc) is 2.74. The van der Waals surface area contributed by atoms with Crippen molar-refractivity contribution in [3.05, 3.63) is 42.5 Å². The number of benzene rings is 2. The highest BCUT2D eigenvalue weighted by Gasteiger charge is 2.26. The summed E-state index contributed by atoms with van der Waals surface area (Å²) in [5.41, 5.74) is 0.209. The molecule has 0 saturated heterocycles. The van der Waals surface area contributed by atoms with Crippen molar-refractivity contribution < 1.29 is 32.2 Å². The van der Waals surface area contributed by atoms with Gasteiger partial charge in [-0.3, -0.25) is 9.10 Å². The molecule has 10 heteroatoms. The van der Waals surface area contributed by atoms with E-state index < -0.39 is 22.5 Å². The van der Waals surface area contributed by atoms with Crippen LogP contribution < -0.4 is 28.6 Å². The number of methoxy groups -OCH3 is 2. The lowest BCUT2D eigenvalue weighted by atomic mass is 10.2. The van der Waals surface area contributed by atoms with Gasteiger partial charge in [0, 0.05) is 6.07 Å². The van der Waals surface area contributed by atoms with Crippen LogP contribution in [-0.2, 0) is 14.8 Å². The number of para-hydroxylation sites is 2. The normalized spacial score (nSPS) is 15.2. The van der Waals surface area contributed by atoms with Crippen LogP contribution in [-0.4, -0.2) is 60.6 Å². The van der Waals surface area contributed by atoms with Gasteiger partial charge in [-0.2, -0.15) is 0 Å². The molecule has 1 amide bonds. The molecule has 30 heavy (non-hydrogen) atoms. The second-order valence-corrected chi connectivity index (χ2v) is 8.52. The number of nitrogens with zero attached hydrogens (tertiary/aromatic N) is 1. The standard InChI is InChI=1S/C20H24N2O7S/c1-26-14-8-9-17(27-2)16(10-14)22(30(3,24)25)12-20(23)21-11-15-13-28-18-6-4-5-7-19(18)29-15/h4-10,15H,11-13H2,1-3H3,(H,21,23)/t15-/m0/s1. The zero-order chi connectivity index (χ0) is 21.7. The van der Waals surface area contributed by atoms with Crippen LogP contribution in [0.4, 0.5) is 5.69 Å². The first-order valence-corrected chi connectivity index (χ1v) is 11.0. The molecule has 0 aliphatic carbocycles. The van der Waals surface area contributed by atoms with E-state index in [4.69, 9.17) is 18.9 Å². The number of sulfonamides is 1. The predicted octanol–water partition coefficient (Wildman–Crippen LogP) is 1.43. The van der Waals surface area contributed by atoms with Crippen LogP contribution in [0, 0.1) is 0 Å². The zero-order valence-corrected chi connectivity index (χ0v) is 17.8. The number of amides is 1. The fourth-order valence-electron chi connectivity index (χ4n) is 2.95. The molecule has 1 atom stereocenters. The van der Waals surface area contributed by atoms with Gasteiger partial charge in [-0.15, -0.1) is 0 Å². The monoisotopic (exact) mass is 436 g/mol. The first kappa shape index (κ1) is 21.6. The predicted molar refractivity (Wildman–Crippen MR) is 111 cm³/mol. The topological polar surface area (TPSA) is 103 Å². The van der Waals surface area contributed by atoms with E-state index >= 15 is 0 Å². The van der Waals surface area contributed by atoms with E-state index in [1.807, 2.05) is 12.1 Å². The van der Waals surface area contributed by atoms with E-state index in [0.717, 1.165) is 10.6 Å². The van der Waals surface area contributed by atoms with Gasteiger partial charge in [0.05, 0.1) is 32.7 Å². The highest BCUT2D eigenvalue weighted by atomic mass is 32.2. The summed E-state index contributed by atoms with van der Waals surface area (Å²) in [5.74, 6) is 1.49. The van der Waals surface area contributed by atoms with Crippen molar-refractivity contribution in [2.24, 2.45) is 0 Å². The minimum atomic E-state index is -3.77. The van der Waals surface area contributed by atoms with Gasteiger partial charge in [-0.25, -0.2) is 8.42 Å². The lowest BCUT2D eigenvalue weighted by Gasteiger charge is -2.27. The Hall–Kier alpha value is -3.14. The van der Waals surface area contributed by atoms with Gasteiger partial charge in [0.25, 0.3) is 0 Å². The van der Waals surface area contributed by atoms with Crippen LogP contribution in [0.3, 0.4) is 0 Å². The Balaban J connectivity index is 1.69. The van der Waals surface area contributed by atoms with E-state index in [-0.39, 0.29) is 24.9 Å². The SMILES string of the molecule is COc1ccc(OC)c(N(CC(=O)NC[C@H]2COc3ccccc3O2)S(C)(=O)=O)c1. The van der Waals surface area contributed by atoms with Gasteiger partial charge in [-0.05, 0) is 24.3 Å². The van der Waals surface area contributed by atoms with E-state index in [0.29, 0.717) is 23.0 Å². The fraction of sp³-hybridized carbons (Fsp3) is 0.350. The molecule has 0 fully saturated rings. The lowest BCUT2D eigenvalue weighted by Crippen LogP contribution is -2.45. The molecule has 1 heterocycles. The molecule has 162 valence electrons. The van der Waals surface area contributed by atoms with Crippen LogP contribution in [0.5, 0.6) is 23.0 Å². The maximum absolute atomic E-state index is 12.5. The molecular weight excluding hydrogens is 412 g/mol. The van der Waals surface area contributed by atoms with Crippen molar-refractivity contribution >= 4 is 21.6 Å². The first-order chi connectivity index (χ1) is 14.3. The maximum Gasteiger partial charge on any atom is 0.240 e. The molecule has 0 radical (unpaired) electrons. The number of carbonyl (C=O) groups excluding carboxylic acids is 1. The Morgan fingerprint density at radius 1 is 1.17 bits per heavy atom. The fourth-order valence-corrected chi connectivity index (χ4v) is 3.80. The average molecular weight is 436 g/mol. The van der Waals surface area contributed by atoms with Crippen LogP contribution in [0.1, 0.15) is 0 Å². The van der Waals surface area contributed by atoms with Gasteiger partial charge < -0.3 is 24.3 Å². The number of hydrogen-bond donors (Lipinski definition) is 1. The summed E-state index contributed by atoms with van der Waals surface area (Å²) < 4.78 is 47.6. The van der Waals surface area contributed by atoms with Crippen molar-refractivity contribution in [1.82, 2.24) is 5.32 Å². The summed E-state index contributed by atoms with van der Waals surface area (Å²) >= 11 is 0. The molecule has 2 aromatic carbocycles. The third-order valence-electron chi connectivity index (χ3n) is 4.44. The zero-order valence-electron chi connectivity index (χ0n) is 17.0. The van der Waals surface area contributed by atoms with Gasteiger partial charge in [-0.1, -0.05) is 12.1 Å². The Morgan fingerprint density at radius 2 is 1.90 bits per heavy atom. The molecule has 2 aromatic rings. The number of anilines is 1. The Morgan fingerprint density at radius 3 is 2.57 bits per heavy atom. The highest BCUT2D eigenvalue weighted by Crippen LogP contribution is 2.34. The summed E-state index contributed by atoms with van der Waals surface area (Å²) in [5, 5.41) is 2.70. The molecule has 0 aromatic heterocycles. The molecule has 0 spiro atoms. The third-order valence-corrected chi connectivity index (χ3v) is 5.56. The van der Waals surface area contributed by atoms with Gasteiger partial charge in [0.1, 0.15) is 30.8 Å². The number of fused-ring (bicyclic) bond motifs is 1. The molecule has 1 N–H and O–H groups in total. The van der Waals surface area contributed by atoms with Crippen LogP contribution >= 0.6 is 0 Å². The minimum absolute atomic E-state index is 0.167. The number of ether oxygens (including phenoxy) is 4. The molecule has 3 rings (SSSR count). The molecule has 0 unspecified atom stereocenters. The Bertz CT molecular complexity index is 1010. The van der Waals surface area contributed by atoms with Crippen LogP contribution in [0.15, 0.2) is 42.5 Å². The summed E-state index contributed by atoms with van der Waals surface area (Å²) in [4.78, 5) is 12.5. The van der Waals surface area contributed by atoms with E-state index in [2.05, 4.69) is 5.32 Å². The van der Waals surface area contributed by atoms with Crippen molar-refractivity contribution in [1.29, 1.82) is 0 Å². The Labute approximate surface area is 175 Å². The van der Waals surface area contributed by atoms with Crippen molar-refractivity contribution in [2.75, 3.05) is 44.5 Å². The van der Waals surface area contributed by atoms with Crippen molar-refractivity contribution in [3.8, 4) is 23.0 Å². The molecule has 1 aliphatic rings. The summed E-state index contributed by atoms with van der Waals surface area (Å²) in [6, 6.07) is 12.0. The van der Waals surface area contributed by atoms with Crippen LogP contribution in [0.25, 0.3) is 0 Å². The first-order valence-electron chi connectivity index (χ1n) is 9.16. The molecule has 9 nitrogen and oxygen atoms in total. The highest BCUT2D eigenvalue weighted by molar-refractivity contribution is 7.92. The second kappa shape index (κ2) is 9.12. The number of hydrogen-bond acceptors (Lipinski definition) is 7. The number of nitrogens with one attached hydrogen (secondary N) is 1. The maximum atomic E-state index is 12.5. The number of carbonyl (C=O) groups is 1. The van der Waals surface area contributed by atoms with E-state index in [1.165, 1.54) is 20.3 Å². The molecular formula is C20H24N2O7S. The van der Waals surface area contributed by atoms with Gasteiger partial charge in [0.15, 0.2) is 11.5 Å².